The van der Waals surface area contributed by atoms with Crippen molar-refractivity contribution in [2.45, 2.75) is 24.2 Å². The quantitative estimate of drug-likeness (QED) is 0.865. The van der Waals surface area contributed by atoms with Crippen molar-refractivity contribution in [1.82, 2.24) is 4.31 Å². The summed E-state index contributed by atoms with van der Waals surface area (Å²) in [4.78, 5) is 0.365. The lowest BCUT2D eigenvalue weighted by Gasteiger charge is -2.26. The summed E-state index contributed by atoms with van der Waals surface area (Å²) in [5.41, 5.74) is 6.55. The molecule has 0 saturated carbocycles. The summed E-state index contributed by atoms with van der Waals surface area (Å²) in [5, 5.41) is 1.50. The highest BCUT2D eigenvalue weighted by atomic mass is 32.2. The molecule has 1 fully saturated rings. The molecule has 0 aliphatic carbocycles. The average molecular weight is 290 g/mol. The number of piperidine rings is 1. The monoisotopic (exact) mass is 290 g/mol. The molecule has 0 radical (unpaired) electrons. The SMILES string of the molecule is Nc1cccc2c(S(=O)(=O)N3CCCCC3)cccc12. The van der Waals surface area contributed by atoms with Crippen molar-refractivity contribution in [2.75, 3.05) is 18.8 Å². The van der Waals surface area contributed by atoms with Gasteiger partial charge >= 0.3 is 0 Å². The molecule has 20 heavy (non-hydrogen) atoms. The zero-order chi connectivity index (χ0) is 14.2. The Morgan fingerprint density at radius 3 is 2.30 bits per heavy atom. The van der Waals surface area contributed by atoms with E-state index >= 15 is 0 Å². The summed E-state index contributed by atoms with van der Waals surface area (Å²) in [6.07, 6.45) is 2.98. The Bertz CT molecular complexity index is 735. The van der Waals surface area contributed by atoms with Gasteiger partial charge in [0.15, 0.2) is 0 Å². The number of nitrogen functional groups attached to an aromatic ring is 1. The lowest BCUT2D eigenvalue weighted by molar-refractivity contribution is 0.347. The lowest BCUT2D eigenvalue weighted by atomic mass is 10.1. The highest BCUT2D eigenvalue weighted by Gasteiger charge is 2.27. The van der Waals surface area contributed by atoms with Gasteiger partial charge in [0.2, 0.25) is 10.0 Å². The molecule has 0 atom stereocenters. The molecule has 2 aromatic rings. The van der Waals surface area contributed by atoms with E-state index in [1.165, 1.54) is 0 Å². The van der Waals surface area contributed by atoms with Gasteiger partial charge in [0.05, 0.1) is 4.90 Å². The van der Waals surface area contributed by atoms with Crippen LogP contribution in [0.1, 0.15) is 19.3 Å². The second kappa shape index (κ2) is 5.07. The molecule has 1 saturated heterocycles. The Labute approximate surface area is 119 Å². The van der Waals surface area contributed by atoms with Crippen LogP contribution in [0.15, 0.2) is 41.3 Å². The molecule has 0 bridgehead atoms. The summed E-state index contributed by atoms with van der Waals surface area (Å²) in [5.74, 6) is 0. The molecule has 2 aromatic carbocycles. The first-order valence-corrected chi connectivity index (χ1v) is 8.32. The van der Waals surface area contributed by atoms with Crippen LogP contribution in [-0.2, 0) is 10.0 Å². The van der Waals surface area contributed by atoms with Crippen LogP contribution in [0.25, 0.3) is 10.8 Å². The summed E-state index contributed by atoms with van der Waals surface area (Å²) < 4.78 is 27.2. The fourth-order valence-corrected chi connectivity index (χ4v) is 4.50. The van der Waals surface area contributed by atoms with Gasteiger partial charge in [-0.3, -0.25) is 0 Å². The molecular formula is C15H18N2O2S. The number of hydrogen-bond acceptors (Lipinski definition) is 3. The maximum atomic E-state index is 12.8. The number of nitrogens with two attached hydrogens (primary N) is 1. The lowest BCUT2D eigenvalue weighted by Crippen LogP contribution is -2.35. The van der Waals surface area contributed by atoms with Crippen molar-refractivity contribution in [3.63, 3.8) is 0 Å². The minimum atomic E-state index is -3.43. The van der Waals surface area contributed by atoms with Gasteiger partial charge in [-0.25, -0.2) is 8.42 Å². The van der Waals surface area contributed by atoms with E-state index < -0.39 is 10.0 Å². The molecule has 1 aliphatic heterocycles. The molecule has 4 nitrogen and oxygen atoms in total. The molecule has 0 amide bonds. The minimum Gasteiger partial charge on any atom is -0.398 e. The molecule has 0 unspecified atom stereocenters. The fraction of sp³-hybridized carbons (Fsp3) is 0.333. The van der Waals surface area contributed by atoms with Gasteiger partial charge in [-0.1, -0.05) is 30.7 Å². The summed E-state index contributed by atoms with van der Waals surface area (Å²) >= 11 is 0. The Morgan fingerprint density at radius 1 is 0.900 bits per heavy atom. The van der Waals surface area contributed by atoms with Gasteiger partial charge in [0, 0.05) is 29.5 Å². The topological polar surface area (TPSA) is 63.4 Å². The maximum absolute atomic E-state index is 12.8. The number of benzene rings is 2. The Morgan fingerprint density at radius 2 is 1.55 bits per heavy atom. The van der Waals surface area contributed by atoms with Crippen molar-refractivity contribution >= 4 is 26.5 Å². The summed E-state index contributed by atoms with van der Waals surface area (Å²) in [6.45, 7) is 1.22. The molecule has 1 aliphatic rings. The second-order valence-electron chi connectivity index (χ2n) is 5.16. The highest BCUT2D eigenvalue weighted by molar-refractivity contribution is 7.89. The first-order valence-electron chi connectivity index (χ1n) is 6.88. The molecule has 106 valence electrons. The van der Waals surface area contributed by atoms with Crippen LogP contribution in [0.3, 0.4) is 0 Å². The van der Waals surface area contributed by atoms with Crippen LogP contribution < -0.4 is 5.73 Å². The van der Waals surface area contributed by atoms with Crippen molar-refractivity contribution < 1.29 is 8.42 Å². The standard InChI is InChI=1S/C15H18N2O2S/c16-14-8-4-7-13-12(14)6-5-9-15(13)20(18,19)17-10-2-1-3-11-17/h4-9H,1-3,10-11,16H2. The van der Waals surface area contributed by atoms with Gasteiger partial charge < -0.3 is 5.73 Å². The molecule has 0 spiro atoms. The van der Waals surface area contributed by atoms with Crippen LogP contribution in [0.5, 0.6) is 0 Å². The van der Waals surface area contributed by atoms with Crippen LogP contribution in [0, 0.1) is 0 Å². The van der Waals surface area contributed by atoms with Crippen molar-refractivity contribution in [2.24, 2.45) is 0 Å². The van der Waals surface area contributed by atoms with Gasteiger partial charge in [0.1, 0.15) is 0 Å². The third kappa shape index (κ3) is 2.17. The van der Waals surface area contributed by atoms with E-state index in [0.717, 1.165) is 24.6 Å². The molecule has 2 N–H and O–H groups in total. The molecule has 0 aromatic heterocycles. The van der Waals surface area contributed by atoms with Crippen molar-refractivity contribution in [3.05, 3.63) is 36.4 Å². The predicted molar refractivity (Wildman–Crippen MR) is 81.0 cm³/mol. The number of hydrogen-bond donors (Lipinski definition) is 1. The first-order chi connectivity index (χ1) is 9.60. The van der Waals surface area contributed by atoms with Crippen LogP contribution in [0.2, 0.25) is 0 Å². The Kier molecular flexibility index (Phi) is 3.40. The second-order valence-corrected chi connectivity index (χ2v) is 7.07. The zero-order valence-electron chi connectivity index (χ0n) is 11.2. The molecule has 5 heteroatoms. The molecule has 1 heterocycles. The van der Waals surface area contributed by atoms with Crippen LogP contribution in [-0.4, -0.2) is 25.8 Å². The molecule has 3 rings (SSSR count). The fourth-order valence-electron chi connectivity index (χ4n) is 2.77. The highest BCUT2D eigenvalue weighted by Crippen LogP contribution is 2.30. The van der Waals surface area contributed by atoms with E-state index in [2.05, 4.69) is 0 Å². The summed E-state index contributed by atoms with van der Waals surface area (Å²) in [7, 11) is -3.43. The minimum absolute atomic E-state index is 0.365. The number of nitrogens with zero attached hydrogens (tertiary/aromatic N) is 1. The van der Waals surface area contributed by atoms with E-state index in [0.29, 0.717) is 29.1 Å². The van der Waals surface area contributed by atoms with Gasteiger partial charge in [-0.05, 0) is 25.0 Å². The molecular weight excluding hydrogens is 272 g/mol. The third-order valence-corrected chi connectivity index (χ3v) is 5.81. The van der Waals surface area contributed by atoms with E-state index in [4.69, 9.17) is 5.73 Å². The Balaban J connectivity index is 2.16. The largest absolute Gasteiger partial charge is 0.398 e. The van der Waals surface area contributed by atoms with Crippen molar-refractivity contribution in [3.8, 4) is 0 Å². The number of fused-ring (bicyclic) bond motifs is 1. The van der Waals surface area contributed by atoms with Crippen LogP contribution in [0.4, 0.5) is 5.69 Å². The first kappa shape index (κ1) is 13.4. The zero-order valence-corrected chi connectivity index (χ0v) is 12.1. The third-order valence-electron chi connectivity index (χ3n) is 3.85. The number of anilines is 1. The predicted octanol–water partition coefficient (Wildman–Crippen LogP) is 2.60. The van der Waals surface area contributed by atoms with E-state index in [1.54, 1.807) is 28.6 Å². The number of rotatable bonds is 2. The Hall–Kier alpha value is -1.59. The van der Waals surface area contributed by atoms with E-state index in [1.807, 2.05) is 12.1 Å². The smallest absolute Gasteiger partial charge is 0.243 e. The number of sulfonamides is 1. The van der Waals surface area contributed by atoms with E-state index in [9.17, 15) is 8.42 Å². The van der Waals surface area contributed by atoms with Crippen LogP contribution >= 0.6 is 0 Å². The van der Waals surface area contributed by atoms with Gasteiger partial charge in [-0.2, -0.15) is 4.31 Å². The van der Waals surface area contributed by atoms with Crippen molar-refractivity contribution in [1.29, 1.82) is 0 Å². The average Bonchev–Trinajstić information content (AvgIpc) is 2.48. The maximum Gasteiger partial charge on any atom is 0.243 e. The summed E-state index contributed by atoms with van der Waals surface area (Å²) in [6, 6.07) is 10.7. The van der Waals surface area contributed by atoms with Gasteiger partial charge in [-0.15, -0.1) is 0 Å². The normalized spacial score (nSPS) is 17.4. The van der Waals surface area contributed by atoms with E-state index in [-0.39, 0.29) is 0 Å². The van der Waals surface area contributed by atoms with Gasteiger partial charge in [0.25, 0.3) is 0 Å².